The van der Waals surface area contributed by atoms with Crippen LogP contribution in [0, 0.1) is 0 Å². The molecule has 0 saturated carbocycles. The van der Waals surface area contributed by atoms with Gasteiger partial charge in [-0.15, -0.1) is 0 Å². The molecule has 0 aromatic heterocycles. The number of likely N-dealkylation sites (N-methyl/N-ethyl adjacent to an activating group) is 2. The van der Waals surface area contributed by atoms with E-state index in [1.165, 1.54) is 41.8 Å². The summed E-state index contributed by atoms with van der Waals surface area (Å²) in [6.07, 6.45) is -3.42. The van der Waals surface area contributed by atoms with E-state index in [1.807, 2.05) is 60.7 Å². The van der Waals surface area contributed by atoms with Crippen molar-refractivity contribution in [2.24, 2.45) is 0 Å². The second-order valence-electron chi connectivity index (χ2n) is 13.8. The van der Waals surface area contributed by atoms with Crippen molar-refractivity contribution in [2.75, 3.05) is 14.1 Å². The molecule has 2 amide bonds. The van der Waals surface area contributed by atoms with Gasteiger partial charge < -0.3 is 33.9 Å². The van der Waals surface area contributed by atoms with Gasteiger partial charge in [-0.2, -0.15) is 0 Å². The van der Waals surface area contributed by atoms with E-state index in [0.717, 1.165) is 20.9 Å². The molecular weight excluding hydrogens is 692 g/mol. The van der Waals surface area contributed by atoms with Crippen molar-refractivity contribution in [3.8, 4) is 0 Å². The largest absolute Gasteiger partial charge is 0.480 e. The summed E-state index contributed by atoms with van der Waals surface area (Å²) in [5, 5.41) is 17.5. The highest BCUT2D eigenvalue weighted by atomic mass is 16.6. The van der Waals surface area contributed by atoms with E-state index in [9.17, 15) is 28.8 Å². The highest BCUT2D eigenvalue weighted by Crippen LogP contribution is 2.13. The van der Waals surface area contributed by atoms with Crippen LogP contribution in [0.2, 0.25) is 0 Å². The predicted octanol–water partition coefficient (Wildman–Crippen LogP) is 9.29. The molecule has 0 fully saturated rings. The molecule has 2 rings (SSSR count). The Bertz CT molecular complexity index is 1530. The molecule has 15 nitrogen and oxygen atoms in total. The number of aliphatic carboxylic acids is 1. The Labute approximate surface area is 361 Å². The first kappa shape index (κ1) is 26.6. The Morgan fingerprint density at radius 3 is 1.34 bits per heavy atom. The average Bonchev–Trinajstić information content (AvgIpc) is 3.56. The zero-order chi connectivity index (χ0) is 73.1. The number of ether oxygens (including phenoxy) is 5. The zero-order valence-electron chi connectivity index (χ0n) is 64.8. The minimum atomic E-state index is -1.08. The Morgan fingerprint density at radius 2 is 1.00 bits per heavy atom. The third-order valence-corrected chi connectivity index (χ3v) is 6.64. The number of carbonyl (C=O) groups is 6. The molecule has 53 heavy (non-hydrogen) atoms. The van der Waals surface area contributed by atoms with Gasteiger partial charge in [0.25, 0.3) is 0 Å². The summed E-state index contributed by atoms with van der Waals surface area (Å²) in [6.45, 7) is 16.4. The predicted molar refractivity (Wildman–Crippen MR) is 228 cm³/mol. The van der Waals surface area contributed by atoms with Gasteiger partial charge in [0.15, 0.2) is 6.10 Å². The van der Waals surface area contributed by atoms with Gasteiger partial charge in [0.1, 0.15) is 42.6 Å². The minimum Gasteiger partial charge on any atom is -0.480 e. The summed E-state index contributed by atoms with van der Waals surface area (Å²) in [5.74, 6) is -3.03. The Balaban J connectivity index is -0.0000000452. The lowest BCUT2D eigenvalue weighted by Crippen LogP contribution is -2.45. The molecule has 0 aliphatic carbocycles. The van der Waals surface area contributed by atoms with Crippen molar-refractivity contribution >= 4 is 36.1 Å². The highest BCUT2D eigenvalue weighted by Gasteiger charge is 2.30. The van der Waals surface area contributed by atoms with Crippen LogP contribution in [0.4, 0.5) is 9.59 Å². The lowest BCUT2D eigenvalue weighted by molar-refractivity contribution is -0.169. The van der Waals surface area contributed by atoms with Crippen LogP contribution in [0.3, 0.4) is 0 Å². The fourth-order valence-corrected chi connectivity index (χ4v) is 3.32. The fourth-order valence-electron chi connectivity index (χ4n) is 3.32. The molecular formula is C38H88N2O13. The van der Waals surface area contributed by atoms with Gasteiger partial charge in [-0.1, -0.05) is 60.7 Å². The van der Waals surface area contributed by atoms with Gasteiger partial charge >= 0.3 is 36.1 Å². The zero-order valence-corrected chi connectivity index (χ0v) is 32.8. The highest BCUT2D eigenvalue weighted by molar-refractivity contribution is 5.84. The number of rotatable bonds is 11. The van der Waals surface area contributed by atoms with Gasteiger partial charge in [-0.05, 0) is 80.4 Å². The van der Waals surface area contributed by atoms with E-state index < -0.39 is 71.6 Å². The van der Waals surface area contributed by atoms with Crippen LogP contribution in [-0.4, -0.2) is 106 Å². The third kappa shape index (κ3) is 21.1. The minimum absolute atomic E-state index is 0.0922. The van der Waals surface area contributed by atoms with Gasteiger partial charge in [-0.25, -0.2) is 28.8 Å². The molecule has 0 radical (unpaired) electrons. The smallest absolute Gasteiger partial charge is 0.410 e. The van der Waals surface area contributed by atoms with Crippen molar-refractivity contribution in [2.45, 2.75) is 118 Å². The van der Waals surface area contributed by atoms with E-state index in [2.05, 4.69) is 0 Å². The maximum atomic E-state index is 12.2. The van der Waals surface area contributed by atoms with E-state index in [0.29, 0.717) is 0 Å². The van der Waals surface area contributed by atoms with E-state index in [-0.39, 0.29) is 13.2 Å². The van der Waals surface area contributed by atoms with Crippen LogP contribution in [0.25, 0.3) is 0 Å². The summed E-state index contributed by atoms with van der Waals surface area (Å²) in [6, 6.07) is 16.7. The quantitative estimate of drug-likeness (QED) is 0.161. The van der Waals surface area contributed by atoms with Gasteiger partial charge in [0.2, 0.25) is 0 Å². The van der Waals surface area contributed by atoms with Crippen molar-refractivity contribution in [1.82, 2.24) is 9.80 Å². The van der Waals surface area contributed by atoms with E-state index in [4.69, 9.17) is 81.4 Å². The summed E-state index contributed by atoms with van der Waals surface area (Å²) < 4.78 is 185. The molecule has 15 heteroatoms. The lowest BCUT2D eigenvalue weighted by atomic mass is 10.2. The maximum absolute atomic E-state index is 12.2. The maximum Gasteiger partial charge on any atom is 0.410 e. The topological polar surface area (TPSA) is 196 Å². The molecule has 2 aromatic rings. The number of aliphatic hydroxyl groups is 1. The van der Waals surface area contributed by atoms with Crippen molar-refractivity contribution in [3.63, 3.8) is 0 Å². The van der Waals surface area contributed by atoms with Crippen LogP contribution >= 0.6 is 0 Å². The van der Waals surface area contributed by atoms with Crippen molar-refractivity contribution in [3.05, 3.63) is 71.8 Å². The van der Waals surface area contributed by atoms with Crippen molar-refractivity contribution in [1.29, 1.82) is 0 Å². The number of hydrogen-bond acceptors (Lipinski definition) is 12. The summed E-state index contributed by atoms with van der Waals surface area (Å²) in [5.41, 5.74) is 0.460. The van der Waals surface area contributed by atoms with Gasteiger partial charge in [0, 0.05) is 61.6 Å². The number of nitrogens with zero attached hydrogens (tertiary/aromatic N) is 2. The first-order valence-corrected chi connectivity index (χ1v) is 16.8. The molecule has 2 aromatic carbocycles. The Hall–Kier alpha value is -5.18. The van der Waals surface area contributed by atoms with Gasteiger partial charge in [-0.3, -0.25) is 9.80 Å². The van der Waals surface area contributed by atoms with E-state index in [1.54, 1.807) is 41.5 Å². The molecule has 0 saturated heterocycles. The lowest BCUT2D eigenvalue weighted by Gasteiger charge is -2.28. The molecule has 0 unspecified atom stereocenters. The van der Waals surface area contributed by atoms with Crippen LogP contribution in [0.1, 0.15) is 128 Å². The van der Waals surface area contributed by atoms with Crippen LogP contribution in [0.15, 0.2) is 60.7 Å². The van der Waals surface area contributed by atoms with Gasteiger partial charge in [0.05, 0.1) is 0 Å². The van der Waals surface area contributed by atoms with E-state index >= 15 is 0 Å². The summed E-state index contributed by atoms with van der Waals surface area (Å²) in [7, 11) is 2.82. The number of benzene rings is 2. The summed E-state index contributed by atoms with van der Waals surface area (Å²) >= 11 is 0. The average molecular weight is 813 g/mol. The molecule has 2 N–H and O–H groups in total. The fraction of sp³-hybridized carbons (Fsp3) is 0.526. The molecule has 0 aliphatic heterocycles. The molecule has 0 spiro atoms. The molecule has 0 heterocycles. The number of aliphatic hydroxyl groups excluding tert-OH is 1. The van der Waals surface area contributed by atoms with Crippen molar-refractivity contribution < 1.29 is 110 Å². The standard InChI is InChI=1S/C19H27NO6.C10H12O3.C9H17NO4.16H2/c1-13(20(6)18(23)26-19(3,4)5)16(21)25-14(2)17(22)24-12-15-10-8-7-9-11-15;1-8(11)10(12)13-7-9-5-3-2-4-6-9;1-6(7(11)12)10(5)8(13)14-9(2,3)4;;;;;;;;;;;;;;;;/h7-11,13-14H,12H2,1-6H3;2-6,8,11H,7H2,1H3;6H,1-5H3,(H,11,12);16*1H/t13-,14+;8-;6-;;;;;;;;;;;;;;;;/m000................/s1/i;;;16*1+1D. The molecule has 0 aliphatic rings. The SMILES string of the molecule is C[C@@H](C(=O)O)N(C)C(=O)OC(C)(C)C.C[C@@H](OC(=O)[C@H](C)N(C)C(=O)OC(C)(C)C)C(=O)OCc1ccccc1.C[C@H](O)C(=O)OCc1ccccc1.[2H][2H].[2H][2H].[2H][2H].[2H][2H].[2H][2H].[2H][2H].[2H][2H].[2H][2H].[2H][2H].[2H][2H].[2H][2H].[2H][2H].[2H][2H].[2H][2H].[2H][2H].[2H][2H]. The Morgan fingerprint density at radius 1 is 0.642 bits per heavy atom. The number of esters is 3. The number of amides is 2. The summed E-state index contributed by atoms with van der Waals surface area (Å²) in [4.78, 5) is 71.0. The Kier molecular flexibility index (Phi) is 11.4. The number of hydrogen-bond donors (Lipinski definition) is 2. The second kappa shape index (κ2) is 22.7. The van der Waals surface area contributed by atoms with Crippen LogP contribution in [-0.2, 0) is 56.1 Å². The number of carboxylic acid groups (broad SMARTS) is 1. The van der Waals surface area contributed by atoms with Crippen LogP contribution in [0.5, 0.6) is 0 Å². The first-order valence-electron chi connectivity index (χ1n) is 32.8. The third-order valence-electron chi connectivity index (χ3n) is 6.64. The first-order chi connectivity index (χ1) is 40.4. The second-order valence-corrected chi connectivity index (χ2v) is 13.8. The molecule has 328 valence electrons. The van der Waals surface area contributed by atoms with Crippen LogP contribution < -0.4 is 0 Å². The number of carbonyl (C=O) groups excluding carboxylic acids is 5. The monoisotopic (exact) mass is 813 g/mol. The number of carboxylic acids is 1. The molecule has 4 atom stereocenters. The molecule has 0 bridgehead atoms. The normalized spacial score (nSPS) is 15.4.